The van der Waals surface area contributed by atoms with Crippen LogP contribution < -0.4 is 21.1 Å². The van der Waals surface area contributed by atoms with Gasteiger partial charge in [0.2, 0.25) is 5.88 Å². The van der Waals surface area contributed by atoms with Gasteiger partial charge >= 0.3 is 12.0 Å². The fraction of sp³-hybridized carbons (Fsp3) is 0.455. The molecule has 6 N–H and O–H groups in total. The van der Waals surface area contributed by atoms with E-state index in [-0.39, 0.29) is 40.3 Å². The molecule has 3 amide bonds. The van der Waals surface area contributed by atoms with Crippen LogP contribution >= 0.6 is 27.5 Å². The molecule has 0 bridgehead atoms. The van der Waals surface area contributed by atoms with Crippen LogP contribution in [-0.4, -0.2) is 56.8 Å². The average molecular weight is 609 g/mol. The number of nitrogens with one attached hydrogen (secondary N) is 2. The third-order valence-corrected chi connectivity index (χ3v) is 5.66. The lowest BCUT2D eigenvalue weighted by molar-refractivity contribution is -0.157. The Labute approximate surface area is 223 Å². The molecule has 2 aromatic rings. The number of urea groups is 1. The molecule has 2 atom stereocenters. The van der Waals surface area contributed by atoms with Crippen LogP contribution in [0.15, 0.2) is 16.6 Å². The number of carbonyl (C=O) groups excluding carboxylic acids is 3. The first kappa shape index (κ1) is 30.3. The van der Waals surface area contributed by atoms with Crippen LogP contribution in [0.1, 0.15) is 49.5 Å². The number of aliphatic hydroxyl groups is 2. The number of hydrogen-bond acceptors (Lipinski definition) is 9. The molecule has 1 heterocycles. The first-order valence-corrected chi connectivity index (χ1v) is 12.4. The fourth-order valence-corrected chi connectivity index (χ4v) is 4.08. The molecule has 0 radical (unpaired) electrons. The summed E-state index contributed by atoms with van der Waals surface area (Å²) in [7, 11) is 0. The summed E-state index contributed by atoms with van der Waals surface area (Å²) in [5.74, 6) is -3.74. The number of primary amides is 1. The molecule has 0 aliphatic rings. The lowest BCUT2D eigenvalue weighted by Crippen LogP contribution is -2.37. The number of amides is 3. The molecule has 204 valence electrons. The average Bonchev–Trinajstić information content (AvgIpc) is 3.12. The topological polar surface area (TPSA) is 173 Å². The number of nitrogens with zero attached hydrogens (tertiary/aromatic N) is 1. The van der Waals surface area contributed by atoms with Gasteiger partial charge in [-0.05, 0) is 44.4 Å². The zero-order valence-electron chi connectivity index (χ0n) is 20.1. The Kier molecular flexibility index (Phi) is 10.7. The number of halogens is 3. The number of ether oxygens (including phenoxy) is 2. The lowest BCUT2D eigenvalue weighted by atomic mass is 10.1. The van der Waals surface area contributed by atoms with E-state index in [0.717, 1.165) is 12.1 Å². The minimum absolute atomic E-state index is 0.101. The Morgan fingerprint density at radius 1 is 1.19 bits per heavy atom. The Bertz CT molecular complexity index is 1120. The molecule has 0 aliphatic heterocycles. The summed E-state index contributed by atoms with van der Waals surface area (Å²) in [5.41, 5.74) is 3.92. The molecule has 2 rings (SSSR count). The summed E-state index contributed by atoms with van der Waals surface area (Å²) in [4.78, 5) is 35.9. The number of anilines is 1. The van der Waals surface area contributed by atoms with E-state index in [1.54, 1.807) is 20.8 Å². The normalized spacial score (nSPS) is 13.0. The van der Waals surface area contributed by atoms with E-state index in [9.17, 15) is 33.4 Å². The van der Waals surface area contributed by atoms with Gasteiger partial charge in [-0.1, -0.05) is 15.9 Å². The van der Waals surface area contributed by atoms with E-state index in [1.807, 2.05) is 0 Å². The van der Waals surface area contributed by atoms with Crippen LogP contribution in [0, 0.1) is 11.6 Å². The number of aliphatic hydroxyl groups excluding tert-OH is 2. The first-order valence-electron chi connectivity index (χ1n) is 10.8. The SMILES string of the molecule is CC(C)(C)OC(=O)CC(O)CC(O)CNC(=O)Nc1snc(OCc2c(F)cc(Br)cc2F)c1C(N)=O. The van der Waals surface area contributed by atoms with Crippen molar-refractivity contribution in [2.24, 2.45) is 5.73 Å². The number of benzene rings is 1. The number of hydrogen-bond donors (Lipinski definition) is 5. The highest BCUT2D eigenvalue weighted by Gasteiger charge is 2.24. The van der Waals surface area contributed by atoms with Crippen molar-refractivity contribution >= 4 is 50.4 Å². The van der Waals surface area contributed by atoms with Crippen molar-refractivity contribution in [3.8, 4) is 5.88 Å². The van der Waals surface area contributed by atoms with Crippen molar-refractivity contribution in [3.63, 3.8) is 0 Å². The van der Waals surface area contributed by atoms with Crippen LogP contribution in [0.3, 0.4) is 0 Å². The Morgan fingerprint density at radius 2 is 1.81 bits per heavy atom. The Morgan fingerprint density at radius 3 is 2.38 bits per heavy atom. The number of nitrogens with two attached hydrogens (primary N) is 1. The maximum absolute atomic E-state index is 14.0. The minimum atomic E-state index is -1.20. The molecule has 0 saturated carbocycles. The first-order chi connectivity index (χ1) is 17.2. The quantitative estimate of drug-likeness (QED) is 0.242. The summed E-state index contributed by atoms with van der Waals surface area (Å²) < 4.78 is 42.5. The number of esters is 1. The second-order valence-electron chi connectivity index (χ2n) is 8.86. The molecule has 1 aromatic carbocycles. The van der Waals surface area contributed by atoms with Gasteiger partial charge in [-0.2, -0.15) is 4.37 Å². The third-order valence-electron chi connectivity index (χ3n) is 4.46. The molecule has 0 spiro atoms. The largest absolute Gasteiger partial charge is 0.471 e. The summed E-state index contributed by atoms with van der Waals surface area (Å²) in [6.07, 6.45) is -2.94. The van der Waals surface area contributed by atoms with Gasteiger partial charge in [0.25, 0.3) is 5.91 Å². The van der Waals surface area contributed by atoms with E-state index in [1.165, 1.54) is 0 Å². The second kappa shape index (κ2) is 13.1. The molecule has 1 aromatic heterocycles. The molecular weight excluding hydrogens is 582 g/mol. The van der Waals surface area contributed by atoms with E-state index in [4.69, 9.17) is 15.2 Å². The molecule has 2 unspecified atom stereocenters. The van der Waals surface area contributed by atoms with Gasteiger partial charge < -0.3 is 30.7 Å². The van der Waals surface area contributed by atoms with Crippen molar-refractivity contribution in [2.45, 2.75) is 58.0 Å². The number of carbonyl (C=O) groups is 3. The maximum atomic E-state index is 14.0. The van der Waals surface area contributed by atoms with Crippen molar-refractivity contribution in [3.05, 3.63) is 39.4 Å². The Balaban J connectivity index is 1.92. The van der Waals surface area contributed by atoms with Crippen LogP contribution in [0.25, 0.3) is 0 Å². The standard InChI is InChI=1S/C22H27BrF2N4O7S/c1-22(2,3)36-16(32)7-11(30)6-12(31)8-27-21(34)28-20-17(18(26)33)19(29-37-20)35-9-13-14(24)4-10(23)5-15(13)25/h4-5,11-12,30-31H,6-9H2,1-3H3,(H2,26,33)(H2,27,28,34). The fourth-order valence-electron chi connectivity index (χ4n) is 2.94. The van der Waals surface area contributed by atoms with Crippen molar-refractivity contribution < 1.29 is 42.9 Å². The van der Waals surface area contributed by atoms with Crippen molar-refractivity contribution in [1.29, 1.82) is 0 Å². The molecule has 15 heteroatoms. The van der Waals surface area contributed by atoms with Crippen LogP contribution in [-0.2, 0) is 16.1 Å². The monoisotopic (exact) mass is 608 g/mol. The van der Waals surface area contributed by atoms with Gasteiger partial charge in [-0.15, -0.1) is 0 Å². The second-order valence-corrected chi connectivity index (χ2v) is 10.6. The molecule has 37 heavy (non-hydrogen) atoms. The van der Waals surface area contributed by atoms with Crippen LogP contribution in [0.5, 0.6) is 5.88 Å². The minimum Gasteiger partial charge on any atom is -0.471 e. The highest BCUT2D eigenvalue weighted by molar-refractivity contribution is 9.10. The molecule has 11 nitrogen and oxygen atoms in total. The van der Waals surface area contributed by atoms with Gasteiger partial charge in [0, 0.05) is 17.4 Å². The predicted molar refractivity (Wildman–Crippen MR) is 133 cm³/mol. The predicted octanol–water partition coefficient (Wildman–Crippen LogP) is 2.83. The number of rotatable bonds is 11. The zero-order chi connectivity index (χ0) is 27.9. The van der Waals surface area contributed by atoms with Crippen LogP contribution in [0.4, 0.5) is 18.6 Å². The highest BCUT2D eigenvalue weighted by atomic mass is 79.9. The summed E-state index contributed by atoms with van der Waals surface area (Å²) >= 11 is 3.60. The van der Waals surface area contributed by atoms with Gasteiger partial charge in [-0.25, -0.2) is 13.6 Å². The highest BCUT2D eigenvalue weighted by Crippen LogP contribution is 2.31. The third kappa shape index (κ3) is 9.83. The van der Waals surface area contributed by atoms with Gasteiger partial charge in [0.1, 0.15) is 34.4 Å². The van der Waals surface area contributed by atoms with Gasteiger partial charge in [0.05, 0.1) is 24.2 Å². The van der Waals surface area contributed by atoms with Gasteiger partial charge in [-0.3, -0.25) is 14.9 Å². The summed E-state index contributed by atoms with van der Waals surface area (Å²) in [6, 6.07) is 1.24. The van der Waals surface area contributed by atoms with Crippen molar-refractivity contribution in [2.75, 3.05) is 11.9 Å². The zero-order valence-corrected chi connectivity index (χ0v) is 22.5. The number of aromatic nitrogens is 1. The van der Waals surface area contributed by atoms with Crippen molar-refractivity contribution in [1.82, 2.24) is 9.69 Å². The van der Waals surface area contributed by atoms with E-state index >= 15 is 0 Å². The maximum Gasteiger partial charge on any atom is 0.320 e. The van der Waals surface area contributed by atoms with E-state index in [0.29, 0.717) is 11.5 Å². The summed E-state index contributed by atoms with van der Waals surface area (Å²) in [5, 5.41) is 24.6. The van der Waals surface area contributed by atoms with E-state index < -0.39 is 59.5 Å². The smallest absolute Gasteiger partial charge is 0.320 e. The van der Waals surface area contributed by atoms with Crippen LogP contribution in [0.2, 0.25) is 0 Å². The molecule has 0 aliphatic carbocycles. The van der Waals surface area contributed by atoms with E-state index in [2.05, 4.69) is 30.9 Å². The lowest BCUT2D eigenvalue weighted by Gasteiger charge is -2.21. The molecular formula is C22H27BrF2N4O7S. The molecule has 0 fully saturated rings. The molecule has 0 saturated heterocycles. The Hall–Kier alpha value is -2.88. The summed E-state index contributed by atoms with van der Waals surface area (Å²) in [6.45, 7) is 4.14. The van der Waals surface area contributed by atoms with Gasteiger partial charge in [0.15, 0.2) is 0 Å².